The molecule has 0 amide bonds. The summed E-state index contributed by atoms with van der Waals surface area (Å²) >= 11 is 1.41. The predicted molar refractivity (Wildman–Crippen MR) is 128 cm³/mol. The lowest BCUT2D eigenvalue weighted by Gasteiger charge is -2.22. The highest BCUT2D eigenvalue weighted by Crippen LogP contribution is 2.37. The summed E-state index contributed by atoms with van der Waals surface area (Å²) in [5.41, 5.74) is 1.97. The summed E-state index contributed by atoms with van der Waals surface area (Å²) in [6, 6.07) is 37.3. The molecule has 0 aliphatic heterocycles. The molecule has 3 nitrogen and oxygen atoms in total. The number of esters is 1. The first kappa shape index (κ1) is 21.6. The van der Waals surface area contributed by atoms with E-state index in [1.54, 1.807) is 36.4 Å². The number of carbonyl (C=O) groups is 2. The van der Waals surface area contributed by atoms with Crippen LogP contribution in [0.1, 0.15) is 32.8 Å². The SMILES string of the molecule is O=C(c1ccccc1)C(OC(=O)C(Sc1ccccc1)c1ccccc1)c1ccccc1. The van der Waals surface area contributed by atoms with Crippen LogP contribution in [0.2, 0.25) is 0 Å². The van der Waals surface area contributed by atoms with Gasteiger partial charge in [-0.05, 0) is 17.7 Å². The third-order valence-electron chi connectivity index (χ3n) is 4.95. The molecule has 0 bridgehead atoms. The van der Waals surface area contributed by atoms with Gasteiger partial charge in [-0.25, -0.2) is 0 Å². The third kappa shape index (κ3) is 5.34. The molecular weight excluding hydrogens is 416 g/mol. The molecule has 2 atom stereocenters. The molecule has 0 heterocycles. The molecular formula is C28H22O3S. The van der Waals surface area contributed by atoms with E-state index in [2.05, 4.69) is 0 Å². The first-order chi connectivity index (χ1) is 15.7. The minimum Gasteiger partial charge on any atom is -0.448 e. The zero-order valence-corrected chi connectivity index (χ0v) is 18.2. The van der Waals surface area contributed by atoms with Crippen LogP contribution in [0.25, 0.3) is 0 Å². The zero-order chi connectivity index (χ0) is 22.2. The second-order valence-electron chi connectivity index (χ2n) is 7.18. The number of ether oxygens (including phenoxy) is 1. The monoisotopic (exact) mass is 438 g/mol. The number of rotatable bonds is 8. The number of thioether (sulfide) groups is 1. The van der Waals surface area contributed by atoms with Gasteiger partial charge in [0.25, 0.3) is 0 Å². The average molecular weight is 439 g/mol. The molecule has 4 aromatic rings. The number of hydrogen-bond donors (Lipinski definition) is 0. The lowest BCUT2D eigenvalue weighted by molar-refractivity contribution is -0.146. The molecule has 0 spiro atoms. The Hall–Kier alpha value is -3.63. The second-order valence-corrected chi connectivity index (χ2v) is 8.36. The van der Waals surface area contributed by atoms with Crippen LogP contribution in [0.4, 0.5) is 0 Å². The summed E-state index contributed by atoms with van der Waals surface area (Å²) in [6.45, 7) is 0. The van der Waals surface area contributed by atoms with E-state index in [1.165, 1.54) is 11.8 Å². The highest BCUT2D eigenvalue weighted by Gasteiger charge is 2.31. The van der Waals surface area contributed by atoms with E-state index in [0.29, 0.717) is 11.1 Å². The van der Waals surface area contributed by atoms with Gasteiger partial charge < -0.3 is 4.74 Å². The molecule has 4 aromatic carbocycles. The number of ketones is 1. The van der Waals surface area contributed by atoms with Crippen LogP contribution >= 0.6 is 11.8 Å². The van der Waals surface area contributed by atoms with Gasteiger partial charge in [0.05, 0.1) is 0 Å². The lowest BCUT2D eigenvalue weighted by Crippen LogP contribution is -2.23. The van der Waals surface area contributed by atoms with Gasteiger partial charge in [0.1, 0.15) is 5.25 Å². The Kier molecular flexibility index (Phi) is 7.15. The van der Waals surface area contributed by atoms with Crippen LogP contribution in [0.3, 0.4) is 0 Å². The maximum atomic E-state index is 13.5. The van der Waals surface area contributed by atoms with Crippen molar-refractivity contribution in [1.82, 2.24) is 0 Å². The van der Waals surface area contributed by atoms with Gasteiger partial charge >= 0.3 is 5.97 Å². The van der Waals surface area contributed by atoms with E-state index in [4.69, 9.17) is 4.74 Å². The summed E-state index contributed by atoms with van der Waals surface area (Å²) in [6.07, 6.45) is -1.02. The molecule has 158 valence electrons. The fourth-order valence-electron chi connectivity index (χ4n) is 3.35. The molecule has 32 heavy (non-hydrogen) atoms. The topological polar surface area (TPSA) is 43.4 Å². The Morgan fingerprint density at radius 2 is 1.06 bits per heavy atom. The number of Topliss-reactive ketones (excluding diaryl/α,β-unsaturated/α-hetero) is 1. The highest BCUT2D eigenvalue weighted by molar-refractivity contribution is 8.00. The first-order valence-electron chi connectivity index (χ1n) is 10.3. The van der Waals surface area contributed by atoms with E-state index in [1.807, 2.05) is 84.9 Å². The van der Waals surface area contributed by atoms with Crippen molar-refractivity contribution >= 4 is 23.5 Å². The van der Waals surface area contributed by atoms with Gasteiger partial charge in [-0.2, -0.15) is 0 Å². The Balaban J connectivity index is 1.66. The Morgan fingerprint density at radius 3 is 1.62 bits per heavy atom. The normalized spacial score (nSPS) is 12.5. The molecule has 0 saturated heterocycles. The second kappa shape index (κ2) is 10.6. The molecule has 4 rings (SSSR count). The van der Waals surface area contributed by atoms with E-state index in [-0.39, 0.29) is 5.78 Å². The van der Waals surface area contributed by atoms with Crippen LogP contribution in [0.15, 0.2) is 126 Å². The fraction of sp³-hybridized carbons (Fsp3) is 0.0714. The van der Waals surface area contributed by atoms with E-state index in [9.17, 15) is 9.59 Å². The lowest BCUT2D eigenvalue weighted by atomic mass is 9.99. The molecule has 4 heteroatoms. The summed E-state index contributed by atoms with van der Waals surface area (Å²) in [7, 11) is 0. The molecule has 0 aliphatic rings. The molecule has 2 unspecified atom stereocenters. The van der Waals surface area contributed by atoms with Gasteiger partial charge in [-0.3, -0.25) is 9.59 Å². The number of carbonyl (C=O) groups excluding carboxylic acids is 2. The Morgan fingerprint density at radius 1 is 0.594 bits per heavy atom. The van der Waals surface area contributed by atoms with Crippen molar-refractivity contribution in [2.24, 2.45) is 0 Å². The summed E-state index contributed by atoms with van der Waals surface area (Å²) < 4.78 is 5.93. The van der Waals surface area contributed by atoms with E-state index < -0.39 is 17.3 Å². The number of hydrogen-bond acceptors (Lipinski definition) is 4. The average Bonchev–Trinajstić information content (AvgIpc) is 2.87. The van der Waals surface area contributed by atoms with Crippen molar-refractivity contribution < 1.29 is 14.3 Å². The third-order valence-corrected chi connectivity index (χ3v) is 6.19. The largest absolute Gasteiger partial charge is 0.448 e. The van der Waals surface area contributed by atoms with E-state index >= 15 is 0 Å². The van der Waals surface area contributed by atoms with Crippen LogP contribution in [0, 0.1) is 0 Å². The van der Waals surface area contributed by atoms with Crippen molar-refractivity contribution in [2.45, 2.75) is 16.2 Å². The minimum absolute atomic E-state index is 0.248. The number of benzene rings is 4. The van der Waals surface area contributed by atoms with Crippen molar-refractivity contribution in [2.75, 3.05) is 0 Å². The van der Waals surface area contributed by atoms with Gasteiger partial charge in [0.2, 0.25) is 5.78 Å². The van der Waals surface area contributed by atoms with Gasteiger partial charge in [-0.15, -0.1) is 11.8 Å². The van der Waals surface area contributed by atoms with Crippen molar-refractivity contribution in [3.05, 3.63) is 138 Å². The van der Waals surface area contributed by atoms with Crippen LogP contribution < -0.4 is 0 Å². The molecule has 0 aliphatic carbocycles. The summed E-state index contributed by atoms with van der Waals surface area (Å²) in [4.78, 5) is 27.7. The van der Waals surface area contributed by atoms with Crippen molar-refractivity contribution in [3.63, 3.8) is 0 Å². The highest BCUT2D eigenvalue weighted by atomic mass is 32.2. The maximum Gasteiger partial charge on any atom is 0.325 e. The molecule has 0 fully saturated rings. The van der Waals surface area contributed by atoms with Crippen LogP contribution in [-0.2, 0) is 9.53 Å². The molecule has 0 aromatic heterocycles. The van der Waals surface area contributed by atoms with Gasteiger partial charge in [0, 0.05) is 16.0 Å². The van der Waals surface area contributed by atoms with Crippen molar-refractivity contribution in [1.29, 1.82) is 0 Å². The quantitative estimate of drug-likeness (QED) is 0.175. The Labute approximate surface area is 192 Å². The maximum absolute atomic E-state index is 13.5. The molecule has 0 saturated carbocycles. The smallest absolute Gasteiger partial charge is 0.325 e. The first-order valence-corrected chi connectivity index (χ1v) is 11.2. The summed E-state index contributed by atoms with van der Waals surface area (Å²) in [5.74, 6) is -0.704. The van der Waals surface area contributed by atoms with Crippen LogP contribution in [0.5, 0.6) is 0 Å². The molecule has 0 radical (unpaired) electrons. The molecule has 0 N–H and O–H groups in total. The van der Waals surface area contributed by atoms with Crippen LogP contribution in [-0.4, -0.2) is 11.8 Å². The van der Waals surface area contributed by atoms with Crippen molar-refractivity contribution in [3.8, 4) is 0 Å². The predicted octanol–water partition coefficient (Wildman–Crippen LogP) is 6.69. The standard InChI is InChI=1S/C28H22O3S/c29-25(21-13-5-1-6-14-21)26(22-15-7-2-8-16-22)31-28(30)27(23-17-9-3-10-18-23)32-24-19-11-4-12-20-24/h1-20,26-27H. The Bertz CT molecular complexity index is 1150. The zero-order valence-electron chi connectivity index (χ0n) is 17.3. The fourth-order valence-corrected chi connectivity index (χ4v) is 4.38. The summed E-state index contributed by atoms with van der Waals surface area (Å²) in [5, 5.41) is -0.603. The van der Waals surface area contributed by atoms with E-state index in [0.717, 1.165) is 10.5 Å². The minimum atomic E-state index is -1.02. The van der Waals surface area contributed by atoms with Gasteiger partial charge in [-0.1, -0.05) is 109 Å². The van der Waals surface area contributed by atoms with Gasteiger partial charge in [0.15, 0.2) is 6.10 Å².